The molecule has 10 heteroatoms. The van der Waals surface area contributed by atoms with Gasteiger partial charge in [-0.2, -0.15) is 0 Å². The molecule has 0 saturated carbocycles. The average molecular weight is 411 g/mol. The molecule has 2 aromatic rings. The Bertz CT molecular complexity index is 914. The fraction of sp³-hybridized carbons (Fsp3) is 0.444. The van der Waals surface area contributed by atoms with Crippen LogP contribution in [0.5, 0.6) is 0 Å². The van der Waals surface area contributed by atoms with Gasteiger partial charge in [0, 0.05) is 37.4 Å². The molecule has 1 saturated heterocycles. The first kappa shape index (κ1) is 20.4. The maximum Gasteiger partial charge on any atom is 0.231 e. The molecule has 3 rings (SSSR count). The highest BCUT2D eigenvalue weighted by Crippen LogP contribution is 2.36. The monoisotopic (exact) mass is 411 g/mol. The molecule has 1 aromatic carbocycles. The lowest BCUT2D eigenvalue weighted by Crippen LogP contribution is -2.48. The van der Waals surface area contributed by atoms with Crippen molar-refractivity contribution in [1.82, 2.24) is 15.2 Å². The quantitative estimate of drug-likeness (QED) is 0.589. The van der Waals surface area contributed by atoms with Crippen LogP contribution in [-0.2, 0) is 38.9 Å². The highest BCUT2D eigenvalue weighted by molar-refractivity contribution is 7.70. The van der Waals surface area contributed by atoms with Crippen molar-refractivity contribution >= 4 is 16.8 Å². The Morgan fingerprint density at radius 2 is 2.00 bits per heavy atom. The standard InChI is InChI=1S/C18H22FN3O5S/c1-12-14(11-27-22-12)9-20-17(23)18(4-6-26-7-5-18)15-3-2-13(16(19)8-15)10-21-28(24)25/h2-3,8,11,28H,4-7,9-10H2,1H3,(H,20,23)(H,21,24,25). The SMILES string of the molecule is Cc1nocc1CNC(=O)C1(c2ccc(CN[SH](=O)=O)c(F)c2)CCOCC1. The van der Waals surface area contributed by atoms with E-state index in [2.05, 4.69) is 15.2 Å². The van der Waals surface area contributed by atoms with E-state index in [-0.39, 0.29) is 24.6 Å². The van der Waals surface area contributed by atoms with Crippen LogP contribution in [-0.4, -0.2) is 32.7 Å². The van der Waals surface area contributed by atoms with E-state index in [0.29, 0.717) is 37.3 Å². The maximum atomic E-state index is 14.5. The van der Waals surface area contributed by atoms with Gasteiger partial charge in [-0.25, -0.2) is 17.5 Å². The molecular formula is C18H22FN3O5S. The maximum absolute atomic E-state index is 14.5. The molecule has 28 heavy (non-hydrogen) atoms. The van der Waals surface area contributed by atoms with E-state index in [1.165, 1.54) is 18.4 Å². The summed E-state index contributed by atoms with van der Waals surface area (Å²) in [5, 5.41) is 6.69. The Labute approximate surface area is 163 Å². The van der Waals surface area contributed by atoms with Gasteiger partial charge in [0.25, 0.3) is 0 Å². The molecule has 2 heterocycles. The van der Waals surface area contributed by atoms with E-state index in [1.807, 2.05) is 0 Å². The van der Waals surface area contributed by atoms with Crippen molar-refractivity contribution in [2.75, 3.05) is 13.2 Å². The molecule has 8 nitrogen and oxygen atoms in total. The van der Waals surface area contributed by atoms with E-state index in [1.54, 1.807) is 13.0 Å². The molecule has 0 unspecified atom stereocenters. The van der Waals surface area contributed by atoms with Crippen LogP contribution in [0.15, 0.2) is 29.0 Å². The Hall–Kier alpha value is -2.30. The van der Waals surface area contributed by atoms with Gasteiger partial charge in [-0.15, -0.1) is 0 Å². The number of thiol groups is 1. The second-order valence-electron chi connectivity index (χ2n) is 6.70. The third-order valence-corrected chi connectivity index (χ3v) is 5.49. The summed E-state index contributed by atoms with van der Waals surface area (Å²) in [7, 11) is -2.81. The molecule has 0 aliphatic carbocycles. The Morgan fingerprint density at radius 3 is 2.61 bits per heavy atom. The van der Waals surface area contributed by atoms with E-state index in [0.717, 1.165) is 5.56 Å². The van der Waals surface area contributed by atoms with Gasteiger partial charge in [-0.1, -0.05) is 17.3 Å². The predicted molar refractivity (Wildman–Crippen MR) is 98.4 cm³/mol. The van der Waals surface area contributed by atoms with Crippen LogP contribution in [0.1, 0.15) is 35.2 Å². The summed E-state index contributed by atoms with van der Waals surface area (Å²) >= 11 is 0. The van der Waals surface area contributed by atoms with Crippen LogP contribution in [0.4, 0.5) is 4.39 Å². The fourth-order valence-electron chi connectivity index (χ4n) is 3.33. The summed E-state index contributed by atoms with van der Waals surface area (Å²) in [4.78, 5) is 13.1. The third-order valence-electron chi connectivity index (χ3n) is 5.07. The molecule has 0 radical (unpaired) electrons. The van der Waals surface area contributed by atoms with Gasteiger partial charge in [-0.05, 0) is 31.4 Å². The van der Waals surface area contributed by atoms with E-state index >= 15 is 0 Å². The minimum atomic E-state index is -2.81. The molecule has 1 aliphatic heterocycles. The van der Waals surface area contributed by atoms with Gasteiger partial charge < -0.3 is 14.6 Å². The average Bonchev–Trinajstić information content (AvgIpc) is 3.10. The van der Waals surface area contributed by atoms with Crippen molar-refractivity contribution in [1.29, 1.82) is 0 Å². The highest BCUT2D eigenvalue weighted by Gasteiger charge is 2.42. The van der Waals surface area contributed by atoms with Crippen molar-refractivity contribution in [3.8, 4) is 0 Å². The molecule has 1 aliphatic rings. The van der Waals surface area contributed by atoms with E-state index < -0.39 is 22.1 Å². The molecule has 2 N–H and O–H groups in total. The molecular weight excluding hydrogens is 389 g/mol. The number of nitrogens with zero attached hydrogens (tertiary/aromatic N) is 1. The van der Waals surface area contributed by atoms with Crippen LogP contribution < -0.4 is 10.0 Å². The number of aryl methyl sites for hydroxylation is 1. The van der Waals surface area contributed by atoms with Gasteiger partial charge in [0.15, 0.2) is 0 Å². The lowest BCUT2D eigenvalue weighted by molar-refractivity contribution is -0.130. The summed E-state index contributed by atoms with van der Waals surface area (Å²) in [6.07, 6.45) is 2.32. The zero-order chi connectivity index (χ0) is 20.1. The number of amides is 1. The molecule has 152 valence electrons. The minimum absolute atomic E-state index is 0.139. The van der Waals surface area contributed by atoms with Crippen molar-refractivity contribution in [3.63, 3.8) is 0 Å². The zero-order valence-corrected chi connectivity index (χ0v) is 16.3. The van der Waals surface area contributed by atoms with Crippen LogP contribution in [0.25, 0.3) is 0 Å². The zero-order valence-electron chi connectivity index (χ0n) is 15.4. The number of carbonyl (C=O) groups is 1. The number of hydrogen-bond acceptors (Lipinski definition) is 6. The predicted octanol–water partition coefficient (Wildman–Crippen LogP) is 1.10. The topological polar surface area (TPSA) is 111 Å². The first-order valence-corrected chi connectivity index (χ1v) is 10.0. The lowest BCUT2D eigenvalue weighted by Gasteiger charge is -2.36. The van der Waals surface area contributed by atoms with Gasteiger partial charge >= 0.3 is 0 Å². The van der Waals surface area contributed by atoms with Gasteiger partial charge in [0.2, 0.25) is 16.8 Å². The Kier molecular flexibility index (Phi) is 6.42. The summed E-state index contributed by atoms with van der Waals surface area (Å²) in [6.45, 7) is 2.69. The number of benzene rings is 1. The number of nitrogens with one attached hydrogen (secondary N) is 2. The number of ether oxygens (including phenoxy) is 1. The number of hydrogen-bond donors (Lipinski definition) is 3. The van der Waals surface area contributed by atoms with Crippen LogP contribution >= 0.6 is 0 Å². The second-order valence-corrected chi connectivity index (χ2v) is 7.53. The van der Waals surface area contributed by atoms with Gasteiger partial charge in [-0.3, -0.25) is 4.79 Å². The van der Waals surface area contributed by atoms with Crippen LogP contribution in [0, 0.1) is 12.7 Å². The molecule has 1 aromatic heterocycles. The fourth-order valence-corrected chi connectivity index (χ4v) is 3.63. The molecule has 0 bridgehead atoms. The second kappa shape index (κ2) is 8.80. The lowest BCUT2D eigenvalue weighted by atomic mass is 9.73. The first-order valence-electron chi connectivity index (χ1n) is 8.85. The van der Waals surface area contributed by atoms with Gasteiger partial charge in [0.1, 0.15) is 12.1 Å². The van der Waals surface area contributed by atoms with E-state index in [9.17, 15) is 17.6 Å². The Balaban J connectivity index is 1.83. The van der Waals surface area contributed by atoms with Crippen LogP contribution in [0.3, 0.4) is 0 Å². The molecule has 0 atom stereocenters. The largest absolute Gasteiger partial charge is 0.381 e. The van der Waals surface area contributed by atoms with Crippen molar-refractivity contribution in [2.24, 2.45) is 0 Å². The van der Waals surface area contributed by atoms with Crippen molar-refractivity contribution in [2.45, 2.75) is 38.3 Å². The summed E-state index contributed by atoms with van der Waals surface area (Å²) in [6, 6.07) is 4.49. The number of rotatable bonds is 7. The first-order chi connectivity index (χ1) is 13.4. The molecule has 0 spiro atoms. The third kappa shape index (κ3) is 4.40. The molecule has 1 amide bonds. The number of halogens is 1. The normalized spacial score (nSPS) is 16.2. The van der Waals surface area contributed by atoms with Crippen molar-refractivity contribution in [3.05, 3.63) is 52.7 Å². The highest BCUT2D eigenvalue weighted by atomic mass is 32.2. The number of carbonyl (C=O) groups excluding carboxylic acids is 1. The molecule has 1 fully saturated rings. The Morgan fingerprint density at radius 1 is 1.25 bits per heavy atom. The summed E-state index contributed by atoms with van der Waals surface area (Å²) in [5.41, 5.74) is 1.31. The summed E-state index contributed by atoms with van der Waals surface area (Å²) in [5.74, 6) is -0.778. The van der Waals surface area contributed by atoms with Crippen molar-refractivity contribution < 1.29 is 26.9 Å². The van der Waals surface area contributed by atoms with Crippen LogP contribution in [0.2, 0.25) is 0 Å². The minimum Gasteiger partial charge on any atom is -0.381 e. The van der Waals surface area contributed by atoms with Gasteiger partial charge in [0.05, 0.1) is 11.1 Å². The smallest absolute Gasteiger partial charge is 0.231 e. The van der Waals surface area contributed by atoms with E-state index in [4.69, 9.17) is 9.26 Å². The summed E-state index contributed by atoms with van der Waals surface area (Å²) < 4.78 is 48.3. The number of aromatic nitrogens is 1.